The Bertz CT molecular complexity index is 1050. The number of ether oxygens (including phenoxy) is 2. The first-order valence-corrected chi connectivity index (χ1v) is 8.62. The number of fused-ring (bicyclic) bond motifs is 1. The summed E-state index contributed by atoms with van der Waals surface area (Å²) in [7, 11) is 8.54. The van der Waals surface area contributed by atoms with E-state index >= 15 is 0 Å². The van der Waals surface area contributed by atoms with Gasteiger partial charge in [0.05, 0.1) is 19.7 Å². The Morgan fingerprint density at radius 2 is 1.89 bits per heavy atom. The molecular formula is C20H19BF2N2O3. The number of hydrogen-bond acceptors (Lipinski definition) is 3. The molecule has 0 saturated heterocycles. The normalized spacial score (nSPS) is 10.9. The zero-order chi connectivity index (χ0) is 20.4. The van der Waals surface area contributed by atoms with Gasteiger partial charge in [-0.15, -0.1) is 0 Å². The van der Waals surface area contributed by atoms with E-state index < -0.39 is 11.6 Å². The fraction of sp³-hybridized carbons (Fsp3) is 0.250. The summed E-state index contributed by atoms with van der Waals surface area (Å²) in [6.45, 7) is 1.96. The quantitative estimate of drug-likeness (QED) is 0.643. The summed E-state index contributed by atoms with van der Waals surface area (Å²) in [5.74, 6) is -0.636. The van der Waals surface area contributed by atoms with Crippen LogP contribution in [-0.2, 0) is 6.42 Å². The van der Waals surface area contributed by atoms with Gasteiger partial charge in [-0.2, -0.15) is 0 Å². The number of carbonyl (C=O) groups excluding carboxylic acids is 1. The first-order valence-electron chi connectivity index (χ1n) is 8.62. The highest BCUT2D eigenvalue weighted by Crippen LogP contribution is 2.28. The number of halogens is 2. The Morgan fingerprint density at radius 3 is 2.57 bits per heavy atom. The van der Waals surface area contributed by atoms with Gasteiger partial charge in [-0.3, -0.25) is 4.79 Å². The molecule has 0 aliphatic heterocycles. The summed E-state index contributed by atoms with van der Waals surface area (Å²) >= 11 is 0. The molecule has 2 radical (unpaired) electrons. The summed E-state index contributed by atoms with van der Waals surface area (Å²) in [5, 5.41) is 2.89. The number of amides is 1. The lowest BCUT2D eigenvalue weighted by Crippen LogP contribution is -2.26. The molecule has 5 nitrogen and oxygen atoms in total. The molecule has 28 heavy (non-hydrogen) atoms. The topological polar surface area (TPSA) is 63.4 Å². The van der Waals surface area contributed by atoms with Gasteiger partial charge in [0, 0.05) is 23.2 Å². The van der Waals surface area contributed by atoms with Crippen molar-refractivity contribution in [2.24, 2.45) is 0 Å². The van der Waals surface area contributed by atoms with E-state index in [1.54, 1.807) is 25.1 Å². The second-order valence-corrected chi connectivity index (χ2v) is 6.32. The molecule has 0 atom stereocenters. The molecule has 0 bridgehead atoms. The molecular weight excluding hydrogens is 365 g/mol. The molecule has 1 heterocycles. The number of aryl methyl sites for hydroxylation is 1. The van der Waals surface area contributed by atoms with E-state index in [4.69, 9.17) is 17.3 Å². The molecule has 1 amide bonds. The maximum atomic E-state index is 14.4. The summed E-state index contributed by atoms with van der Waals surface area (Å²) in [6.07, 6.45) is 0.310. The molecule has 2 N–H and O–H groups in total. The molecule has 3 rings (SSSR count). The van der Waals surface area contributed by atoms with E-state index in [2.05, 4.69) is 10.3 Å². The number of benzene rings is 2. The second kappa shape index (κ2) is 7.92. The number of methoxy groups -OCH3 is 2. The highest BCUT2D eigenvalue weighted by atomic mass is 19.1. The third-order valence-electron chi connectivity index (χ3n) is 4.62. The maximum Gasteiger partial charge on any atom is 0.251 e. The van der Waals surface area contributed by atoms with Crippen LogP contribution >= 0.6 is 0 Å². The Labute approximate surface area is 162 Å². The molecule has 0 aliphatic rings. The average Bonchev–Trinajstić information content (AvgIpc) is 3.02. The highest BCUT2D eigenvalue weighted by Gasteiger charge is 2.18. The summed E-state index contributed by atoms with van der Waals surface area (Å²) in [4.78, 5) is 15.2. The zero-order valence-electron chi connectivity index (χ0n) is 15.8. The van der Waals surface area contributed by atoms with E-state index in [0.29, 0.717) is 34.7 Å². The second-order valence-electron chi connectivity index (χ2n) is 6.32. The number of nitrogens with one attached hydrogen (secondary N) is 2. The van der Waals surface area contributed by atoms with Crippen molar-refractivity contribution in [1.29, 1.82) is 0 Å². The minimum atomic E-state index is -0.665. The Morgan fingerprint density at radius 1 is 1.18 bits per heavy atom. The number of carbonyl (C=O) groups is 1. The van der Waals surface area contributed by atoms with Crippen molar-refractivity contribution < 1.29 is 23.0 Å². The Balaban J connectivity index is 1.77. The van der Waals surface area contributed by atoms with E-state index in [1.165, 1.54) is 14.2 Å². The smallest absolute Gasteiger partial charge is 0.251 e. The standard InChI is InChI=1S/C20H19BF2N2O3/c1-10-12(17-18(23)13(21)9-14(22)19(17)25-10)6-7-24-20(26)11-4-5-15(27-2)16(8-11)28-3/h4-5,8-9,25H,6-7H2,1-3H3,(H,24,26). The molecule has 8 heteroatoms. The fourth-order valence-corrected chi connectivity index (χ4v) is 3.19. The molecule has 144 valence electrons. The van der Waals surface area contributed by atoms with Gasteiger partial charge in [0.2, 0.25) is 0 Å². The van der Waals surface area contributed by atoms with E-state index in [1.807, 2.05) is 0 Å². The van der Waals surface area contributed by atoms with Crippen molar-refractivity contribution in [3.8, 4) is 11.5 Å². The maximum absolute atomic E-state index is 14.4. The van der Waals surface area contributed by atoms with Crippen molar-refractivity contribution in [1.82, 2.24) is 10.3 Å². The first kappa shape index (κ1) is 19.7. The first-order chi connectivity index (χ1) is 13.4. The van der Waals surface area contributed by atoms with Crippen LogP contribution in [0, 0.1) is 18.6 Å². The average molecular weight is 384 g/mol. The SMILES string of the molecule is [B]c1cc(F)c2[nH]c(C)c(CCNC(=O)c3ccc(OC)c(OC)c3)c2c1F. The fourth-order valence-electron chi connectivity index (χ4n) is 3.19. The molecule has 0 saturated carbocycles. The molecule has 0 fully saturated rings. The van der Waals surface area contributed by atoms with Gasteiger partial charge in [0.15, 0.2) is 11.5 Å². The van der Waals surface area contributed by atoms with Gasteiger partial charge in [-0.05, 0) is 43.2 Å². The molecule has 3 aromatic rings. The van der Waals surface area contributed by atoms with E-state index in [-0.39, 0.29) is 28.8 Å². The summed E-state index contributed by atoms with van der Waals surface area (Å²) < 4.78 is 38.8. The minimum absolute atomic E-state index is 0.0745. The third-order valence-corrected chi connectivity index (χ3v) is 4.62. The van der Waals surface area contributed by atoms with Crippen molar-refractivity contribution >= 4 is 30.1 Å². The van der Waals surface area contributed by atoms with Crippen molar-refractivity contribution in [2.45, 2.75) is 13.3 Å². The monoisotopic (exact) mass is 384 g/mol. The van der Waals surface area contributed by atoms with Gasteiger partial charge in [-0.1, -0.05) is 5.46 Å². The summed E-state index contributed by atoms with van der Waals surface area (Å²) in [5.41, 5.74) is 1.42. The lowest BCUT2D eigenvalue weighted by Gasteiger charge is -2.10. The lowest BCUT2D eigenvalue weighted by atomic mass is 9.92. The number of aromatic amines is 1. The predicted octanol–water partition coefficient (Wildman–Crippen LogP) is 2.54. The van der Waals surface area contributed by atoms with Crippen LogP contribution in [0.15, 0.2) is 24.3 Å². The van der Waals surface area contributed by atoms with E-state index in [9.17, 15) is 13.6 Å². The van der Waals surface area contributed by atoms with Gasteiger partial charge in [0.25, 0.3) is 5.91 Å². The predicted molar refractivity (Wildman–Crippen MR) is 104 cm³/mol. The van der Waals surface area contributed by atoms with Gasteiger partial charge in [0.1, 0.15) is 19.5 Å². The summed E-state index contributed by atoms with van der Waals surface area (Å²) in [6, 6.07) is 5.78. The van der Waals surface area contributed by atoms with Crippen molar-refractivity contribution in [3.05, 3.63) is 52.7 Å². The van der Waals surface area contributed by atoms with Crippen LogP contribution in [0.3, 0.4) is 0 Å². The minimum Gasteiger partial charge on any atom is -0.493 e. The van der Waals surface area contributed by atoms with Crippen molar-refractivity contribution in [2.75, 3.05) is 20.8 Å². The number of H-pyrrole nitrogens is 1. The van der Waals surface area contributed by atoms with Gasteiger partial charge in [-0.25, -0.2) is 8.78 Å². The largest absolute Gasteiger partial charge is 0.493 e. The van der Waals surface area contributed by atoms with Crippen LogP contribution < -0.4 is 20.3 Å². The third kappa shape index (κ3) is 3.54. The number of aromatic nitrogens is 1. The van der Waals surface area contributed by atoms with Crippen LogP contribution in [0.5, 0.6) is 11.5 Å². The molecule has 0 spiro atoms. The van der Waals surface area contributed by atoms with Crippen LogP contribution in [0.2, 0.25) is 0 Å². The van der Waals surface area contributed by atoms with Crippen LogP contribution in [0.25, 0.3) is 10.9 Å². The van der Waals surface area contributed by atoms with Crippen LogP contribution in [-0.4, -0.2) is 39.5 Å². The molecule has 1 aromatic heterocycles. The number of hydrogen-bond donors (Lipinski definition) is 2. The Hall–Kier alpha value is -3.03. The van der Waals surface area contributed by atoms with E-state index in [0.717, 1.165) is 6.07 Å². The van der Waals surface area contributed by atoms with Crippen LogP contribution in [0.1, 0.15) is 21.6 Å². The molecule has 0 unspecified atom stereocenters. The molecule has 2 aromatic carbocycles. The lowest BCUT2D eigenvalue weighted by molar-refractivity contribution is 0.0953. The Kier molecular flexibility index (Phi) is 5.58. The number of rotatable bonds is 6. The molecule has 0 aliphatic carbocycles. The zero-order valence-corrected chi connectivity index (χ0v) is 15.8. The van der Waals surface area contributed by atoms with Crippen molar-refractivity contribution in [3.63, 3.8) is 0 Å². The van der Waals surface area contributed by atoms with Gasteiger partial charge < -0.3 is 19.8 Å². The van der Waals surface area contributed by atoms with Crippen LogP contribution in [0.4, 0.5) is 8.78 Å². The highest BCUT2D eigenvalue weighted by molar-refractivity contribution is 6.33. The van der Waals surface area contributed by atoms with Gasteiger partial charge >= 0.3 is 0 Å².